The topological polar surface area (TPSA) is 0 Å². The summed E-state index contributed by atoms with van der Waals surface area (Å²) in [5, 5.41) is 0. The Balaban J connectivity index is 2.43. The maximum atomic E-state index is 3.76. The molecule has 0 saturated heterocycles. The van der Waals surface area contributed by atoms with E-state index in [0.29, 0.717) is 0 Å². The molecule has 0 aliphatic carbocycles. The predicted octanol–water partition coefficient (Wildman–Crippen LogP) is 2.79. The first-order valence-corrected chi connectivity index (χ1v) is 15.8. The van der Waals surface area contributed by atoms with Crippen molar-refractivity contribution in [2.45, 2.75) is 27.7 Å². The van der Waals surface area contributed by atoms with Crippen LogP contribution in [0, 0.1) is 27.7 Å². The van der Waals surface area contributed by atoms with Gasteiger partial charge in [0, 0.05) is 0 Å². The van der Waals surface area contributed by atoms with Crippen molar-refractivity contribution in [2.24, 2.45) is 0 Å². The first-order valence-electron chi connectivity index (χ1n) is 8.25. The van der Waals surface area contributed by atoms with Gasteiger partial charge in [-0.3, -0.25) is 0 Å². The average Bonchev–Trinajstić information content (AvgIpc) is 2.57. The Kier molecular flexibility index (Phi) is 5.04. The van der Waals surface area contributed by atoms with Gasteiger partial charge in [-0.05, 0) is 0 Å². The standard InChI is InChI=1S/C22H24Se2/c1-16-12-9-15-22(19(16)4)24(23,20-13-7-5-10-17(20)2)21-14-8-6-11-18(21)3/h5-15,24H,1-4H3. The van der Waals surface area contributed by atoms with E-state index in [-0.39, 0.29) is 0 Å². The molecule has 0 amide bonds. The number of rotatable bonds is 3. The fourth-order valence-corrected chi connectivity index (χ4v) is 17.2. The summed E-state index contributed by atoms with van der Waals surface area (Å²) in [4.78, 5) is 0. The van der Waals surface area contributed by atoms with Crippen molar-refractivity contribution in [3.8, 4) is 0 Å². The molecular weight excluding hydrogens is 422 g/mol. The molecule has 3 aromatic carbocycles. The van der Waals surface area contributed by atoms with Crippen LogP contribution in [0.2, 0.25) is 0 Å². The van der Waals surface area contributed by atoms with E-state index in [0.717, 1.165) is 0 Å². The molecule has 2 heteroatoms. The van der Waals surface area contributed by atoms with Gasteiger partial charge < -0.3 is 0 Å². The third kappa shape index (κ3) is 2.89. The van der Waals surface area contributed by atoms with Crippen molar-refractivity contribution in [3.63, 3.8) is 0 Å². The molecule has 3 rings (SSSR count). The van der Waals surface area contributed by atoms with Crippen molar-refractivity contribution in [1.29, 1.82) is 0 Å². The van der Waals surface area contributed by atoms with Gasteiger partial charge in [-0.1, -0.05) is 0 Å². The molecular formula is C22H24Se2. The number of hydrogen-bond donors (Lipinski definition) is 0. The van der Waals surface area contributed by atoms with Gasteiger partial charge in [0.05, 0.1) is 0 Å². The van der Waals surface area contributed by atoms with Crippen molar-refractivity contribution in [1.82, 2.24) is 0 Å². The molecule has 0 heterocycles. The van der Waals surface area contributed by atoms with Gasteiger partial charge >= 0.3 is 154 Å². The molecule has 0 bridgehead atoms. The Morgan fingerprint density at radius 3 is 1.46 bits per heavy atom. The first kappa shape index (κ1) is 17.5. The Bertz CT molecular complexity index is 889. The van der Waals surface area contributed by atoms with Gasteiger partial charge in [0.1, 0.15) is 0 Å². The second-order valence-corrected chi connectivity index (χ2v) is 18.0. The summed E-state index contributed by atoms with van der Waals surface area (Å²) in [6, 6.07) is 24.5. The molecule has 3 aromatic rings. The van der Waals surface area contributed by atoms with Crippen LogP contribution in [-0.4, -0.2) is 24.1 Å². The number of hydrogen-bond acceptors (Lipinski definition) is 0. The first-order chi connectivity index (χ1) is 11.5. The Hall–Kier alpha value is -1.30. The van der Waals surface area contributed by atoms with Crippen LogP contribution < -0.4 is 13.4 Å². The van der Waals surface area contributed by atoms with E-state index in [2.05, 4.69) is 108 Å². The van der Waals surface area contributed by atoms with Crippen molar-refractivity contribution in [2.75, 3.05) is 0 Å². The molecule has 0 aromatic heterocycles. The van der Waals surface area contributed by atoms with Crippen LogP contribution in [0.3, 0.4) is 0 Å². The SMILES string of the molecule is Cc1ccccc1[SeH](=[Se])(c1ccccc1C)c1cccc(C)c1C. The van der Waals surface area contributed by atoms with Gasteiger partial charge in [0.15, 0.2) is 0 Å². The molecule has 24 heavy (non-hydrogen) atoms. The van der Waals surface area contributed by atoms with Gasteiger partial charge in [-0.2, -0.15) is 0 Å². The summed E-state index contributed by atoms with van der Waals surface area (Å²) in [6.45, 7) is 8.97. The summed E-state index contributed by atoms with van der Waals surface area (Å²) < 4.78 is 4.51. The third-order valence-electron chi connectivity index (χ3n) is 4.82. The normalized spacial score (nSPS) is 12.2. The van der Waals surface area contributed by atoms with Crippen LogP contribution in [0.4, 0.5) is 0 Å². The van der Waals surface area contributed by atoms with Gasteiger partial charge in [0.25, 0.3) is 0 Å². The summed E-state index contributed by atoms with van der Waals surface area (Å²) in [7, 11) is -2.61. The Morgan fingerprint density at radius 1 is 0.542 bits per heavy atom. The second-order valence-electron chi connectivity index (χ2n) is 6.40. The molecule has 0 unspecified atom stereocenters. The van der Waals surface area contributed by atoms with Crippen molar-refractivity contribution in [3.05, 3.63) is 89.0 Å². The van der Waals surface area contributed by atoms with Crippen LogP contribution in [0.1, 0.15) is 22.3 Å². The quantitative estimate of drug-likeness (QED) is 0.543. The maximum absolute atomic E-state index is 3.76. The van der Waals surface area contributed by atoms with E-state index >= 15 is 0 Å². The molecule has 0 nitrogen and oxygen atoms in total. The summed E-state index contributed by atoms with van der Waals surface area (Å²) in [5.74, 6) is 0. The minimum atomic E-state index is -2.61. The Morgan fingerprint density at radius 2 is 0.958 bits per heavy atom. The van der Waals surface area contributed by atoms with Crippen LogP contribution in [-0.2, 0) is 0 Å². The monoisotopic (exact) mass is 448 g/mol. The molecule has 0 aliphatic rings. The minimum absolute atomic E-state index is 1.37. The zero-order valence-electron chi connectivity index (χ0n) is 14.7. The third-order valence-corrected chi connectivity index (χ3v) is 18.7. The summed E-state index contributed by atoms with van der Waals surface area (Å²) >= 11 is 3.76. The summed E-state index contributed by atoms with van der Waals surface area (Å²) in [6.07, 6.45) is 0. The molecule has 0 spiro atoms. The van der Waals surface area contributed by atoms with E-state index in [1.807, 2.05) is 0 Å². The molecule has 124 valence electrons. The van der Waals surface area contributed by atoms with E-state index in [1.54, 1.807) is 0 Å². The van der Waals surface area contributed by atoms with E-state index in [4.69, 9.17) is 0 Å². The van der Waals surface area contributed by atoms with Crippen molar-refractivity contribution >= 4 is 37.5 Å². The molecule has 0 aliphatic heterocycles. The second kappa shape index (κ2) is 6.90. The van der Waals surface area contributed by atoms with Gasteiger partial charge in [-0.15, -0.1) is 0 Å². The molecule has 0 fully saturated rings. The van der Waals surface area contributed by atoms with E-state index < -0.39 is 10.5 Å². The van der Waals surface area contributed by atoms with Gasteiger partial charge in [-0.25, -0.2) is 0 Å². The molecule has 0 atom stereocenters. The molecule has 0 N–H and O–H groups in total. The van der Waals surface area contributed by atoms with Crippen LogP contribution in [0.5, 0.6) is 0 Å². The van der Waals surface area contributed by atoms with Gasteiger partial charge in [0.2, 0.25) is 0 Å². The van der Waals surface area contributed by atoms with Crippen LogP contribution in [0.15, 0.2) is 66.7 Å². The van der Waals surface area contributed by atoms with Crippen LogP contribution in [0.25, 0.3) is 0 Å². The molecule has 0 radical (unpaired) electrons. The van der Waals surface area contributed by atoms with E-state index in [1.165, 1.54) is 35.6 Å². The molecule has 0 saturated carbocycles. The fourth-order valence-electron chi connectivity index (χ4n) is 3.30. The van der Waals surface area contributed by atoms with Crippen LogP contribution >= 0.6 is 0 Å². The predicted molar refractivity (Wildman–Crippen MR) is 110 cm³/mol. The average molecular weight is 446 g/mol. The number of aryl methyl sites for hydroxylation is 3. The zero-order chi connectivity index (χ0) is 17.3. The van der Waals surface area contributed by atoms with Crippen molar-refractivity contribution < 1.29 is 0 Å². The zero-order valence-corrected chi connectivity index (χ0v) is 18.3. The van der Waals surface area contributed by atoms with E-state index in [9.17, 15) is 0 Å². The number of benzene rings is 3. The Labute approximate surface area is 153 Å². The fraction of sp³-hybridized carbons (Fsp3) is 0.182. The summed E-state index contributed by atoms with van der Waals surface area (Å²) in [5.41, 5.74) is 5.56.